The first-order chi connectivity index (χ1) is 43.8. The zero-order valence-electron chi connectivity index (χ0n) is 57.4. The molecule has 0 amide bonds. The van der Waals surface area contributed by atoms with Crippen molar-refractivity contribution in [1.82, 2.24) is 0 Å². The van der Waals surface area contributed by atoms with E-state index in [1.54, 1.807) is 0 Å². The third kappa shape index (κ3) is 73.1. The third-order valence-electron chi connectivity index (χ3n) is 15.6. The summed E-state index contributed by atoms with van der Waals surface area (Å²) in [6.45, 7) is 3.62. The van der Waals surface area contributed by atoms with E-state index in [2.05, 4.69) is 148 Å². The number of allylic oxidation sites excluding steroid dienone is 22. The minimum absolute atomic E-state index is 0.0423. The van der Waals surface area contributed by atoms with Crippen LogP contribution in [0.15, 0.2) is 134 Å². The lowest BCUT2D eigenvalue weighted by Gasteiger charge is -2.19. The molecule has 9 nitrogen and oxygen atoms in total. The first-order valence-electron chi connectivity index (χ1n) is 36.7. The highest BCUT2D eigenvalue weighted by molar-refractivity contribution is 7.47. The molecule has 2 unspecified atom stereocenters. The van der Waals surface area contributed by atoms with Gasteiger partial charge in [-0.3, -0.25) is 18.6 Å². The molecule has 0 heterocycles. The Balaban J connectivity index is 3.97. The molecule has 2 atom stereocenters. The van der Waals surface area contributed by atoms with E-state index in [0.29, 0.717) is 6.42 Å². The Bertz CT molecular complexity index is 1920. The maximum atomic E-state index is 12.8. The number of phosphoric ester groups is 1. The van der Waals surface area contributed by atoms with Crippen molar-refractivity contribution in [2.45, 2.75) is 328 Å². The highest BCUT2D eigenvalue weighted by atomic mass is 31.2. The Labute approximate surface area is 548 Å². The average molecular weight is 1260 g/mol. The highest BCUT2D eigenvalue weighted by Crippen LogP contribution is 2.43. The Morgan fingerprint density at radius 3 is 0.921 bits per heavy atom. The van der Waals surface area contributed by atoms with Crippen LogP contribution in [0.4, 0.5) is 0 Å². The first-order valence-corrected chi connectivity index (χ1v) is 38.2. The lowest BCUT2D eigenvalue weighted by Crippen LogP contribution is -2.29. The highest BCUT2D eigenvalue weighted by Gasteiger charge is 2.26. The van der Waals surface area contributed by atoms with Crippen molar-refractivity contribution < 1.29 is 37.6 Å². The van der Waals surface area contributed by atoms with Crippen LogP contribution in [0.1, 0.15) is 322 Å². The molecule has 10 heteroatoms. The number of hydrogen-bond acceptors (Lipinski definition) is 8. The summed E-state index contributed by atoms with van der Waals surface area (Å²) in [4.78, 5) is 35.4. The van der Waals surface area contributed by atoms with Crippen molar-refractivity contribution in [2.24, 2.45) is 5.73 Å². The minimum Gasteiger partial charge on any atom is -0.462 e. The van der Waals surface area contributed by atoms with Gasteiger partial charge in [0, 0.05) is 19.4 Å². The van der Waals surface area contributed by atoms with Crippen molar-refractivity contribution in [2.75, 3.05) is 26.4 Å². The second kappa shape index (κ2) is 73.2. The summed E-state index contributed by atoms with van der Waals surface area (Å²) >= 11 is 0. The first kappa shape index (κ1) is 85.2. The van der Waals surface area contributed by atoms with Gasteiger partial charge in [0.2, 0.25) is 0 Å². The van der Waals surface area contributed by atoms with Crippen molar-refractivity contribution in [3.63, 3.8) is 0 Å². The van der Waals surface area contributed by atoms with Crippen molar-refractivity contribution in [3.05, 3.63) is 134 Å². The van der Waals surface area contributed by atoms with E-state index >= 15 is 0 Å². The molecular formula is C79H136NO8P. The van der Waals surface area contributed by atoms with Crippen LogP contribution in [0.5, 0.6) is 0 Å². The molecule has 0 aliphatic rings. The van der Waals surface area contributed by atoms with Gasteiger partial charge in [0.05, 0.1) is 13.2 Å². The molecule has 0 aliphatic carbocycles. The maximum Gasteiger partial charge on any atom is 0.472 e. The Morgan fingerprint density at radius 2 is 0.618 bits per heavy atom. The SMILES string of the molecule is CC/C=C\C/C=C\C/C=C\C/C=C\C/C=C\C/C=C\C/C=C\C/C=C\C/C=C\C/C=C\C/C=C\CCCCCC(=O)OC(COC(=O)CCCCCCCCCCCCCCCCCCCCCCCCCCCCCCCCC)COP(=O)(O)OCCN. The molecule has 0 saturated carbocycles. The molecule has 0 aliphatic heterocycles. The van der Waals surface area contributed by atoms with Crippen LogP contribution in [-0.4, -0.2) is 49.3 Å². The number of hydrogen-bond donors (Lipinski definition) is 2. The third-order valence-corrected chi connectivity index (χ3v) is 16.5. The fourth-order valence-corrected chi connectivity index (χ4v) is 10.9. The molecule has 0 fully saturated rings. The van der Waals surface area contributed by atoms with E-state index in [1.165, 1.54) is 180 Å². The molecule has 0 spiro atoms. The van der Waals surface area contributed by atoms with Gasteiger partial charge in [0.1, 0.15) is 6.61 Å². The second-order valence-corrected chi connectivity index (χ2v) is 25.5. The number of unbranched alkanes of at least 4 members (excludes halogenated alkanes) is 33. The molecular weight excluding hydrogens is 1120 g/mol. The van der Waals surface area contributed by atoms with Crippen LogP contribution in [0, 0.1) is 0 Å². The summed E-state index contributed by atoms with van der Waals surface area (Å²) < 4.78 is 33.2. The molecule has 0 saturated heterocycles. The van der Waals surface area contributed by atoms with Gasteiger partial charge in [-0.15, -0.1) is 0 Å². The lowest BCUT2D eigenvalue weighted by molar-refractivity contribution is -0.161. The van der Waals surface area contributed by atoms with Gasteiger partial charge >= 0.3 is 19.8 Å². The Kier molecular flexibility index (Phi) is 70.0. The fraction of sp³-hybridized carbons (Fsp3) is 0.696. The number of carbonyl (C=O) groups excluding carboxylic acids is 2. The number of nitrogens with two attached hydrogens (primary N) is 1. The molecule has 0 aromatic rings. The van der Waals surface area contributed by atoms with E-state index in [4.69, 9.17) is 24.3 Å². The van der Waals surface area contributed by atoms with Gasteiger partial charge < -0.3 is 20.1 Å². The smallest absolute Gasteiger partial charge is 0.462 e. The van der Waals surface area contributed by atoms with Crippen LogP contribution < -0.4 is 5.73 Å². The van der Waals surface area contributed by atoms with Crippen LogP contribution in [0.2, 0.25) is 0 Å². The number of ether oxygens (including phenoxy) is 2. The lowest BCUT2D eigenvalue weighted by atomic mass is 10.0. The zero-order valence-corrected chi connectivity index (χ0v) is 58.3. The standard InChI is InChI=1S/C79H136NO8P/c1-3-5-7-9-11-13-15-17-19-21-23-25-27-29-31-33-35-36-37-38-39-40-42-44-46-48-50-52-54-56-58-60-62-64-66-68-70-72-79(82)88-77(76-87-89(83,84)86-74-73-80)75-85-78(81)71-69-67-65-63-61-59-57-55-53-51-49-47-45-43-41-34-32-30-28-26-24-22-20-18-16-14-12-10-8-6-4-2/h5,7,11,13,17,19,23,25,29,31,35-36,38-39,42,44,48,50,54,56,60,62,77H,3-4,6,8-10,12,14-16,18,20-22,24,26-28,30,32-34,37,40-41,43,45-47,49,51-53,55,57-59,61,63-76,80H2,1-2H3,(H,83,84)/b7-5-,13-11-,19-17-,25-23-,31-29-,36-35-,39-38-,44-42-,50-48-,56-54-,62-60-. The van der Waals surface area contributed by atoms with Gasteiger partial charge in [-0.2, -0.15) is 0 Å². The summed E-state index contributed by atoms with van der Waals surface area (Å²) in [5.74, 6) is -0.863. The molecule has 0 radical (unpaired) electrons. The molecule has 89 heavy (non-hydrogen) atoms. The molecule has 510 valence electrons. The average Bonchev–Trinajstić information content (AvgIpc) is 3.68. The Hall–Kier alpha value is -3.85. The van der Waals surface area contributed by atoms with Crippen LogP contribution >= 0.6 is 7.82 Å². The predicted molar refractivity (Wildman–Crippen MR) is 385 cm³/mol. The van der Waals surface area contributed by atoms with Crippen molar-refractivity contribution >= 4 is 19.8 Å². The number of esters is 2. The number of phosphoric acid groups is 1. The van der Waals surface area contributed by atoms with Crippen LogP contribution in [0.3, 0.4) is 0 Å². The Morgan fingerprint density at radius 1 is 0.348 bits per heavy atom. The minimum atomic E-state index is -4.41. The quantitative estimate of drug-likeness (QED) is 0.0264. The van der Waals surface area contributed by atoms with Gasteiger partial charge in [-0.05, 0) is 96.3 Å². The fourth-order valence-electron chi connectivity index (χ4n) is 10.2. The van der Waals surface area contributed by atoms with E-state index in [0.717, 1.165) is 109 Å². The predicted octanol–water partition coefficient (Wildman–Crippen LogP) is 24.4. The van der Waals surface area contributed by atoms with E-state index < -0.39 is 26.5 Å². The topological polar surface area (TPSA) is 134 Å². The van der Waals surface area contributed by atoms with Gasteiger partial charge in [-0.1, -0.05) is 347 Å². The van der Waals surface area contributed by atoms with Crippen LogP contribution in [-0.2, 0) is 32.7 Å². The number of rotatable bonds is 68. The van der Waals surface area contributed by atoms with Crippen LogP contribution in [0.25, 0.3) is 0 Å². The molecule has 0 bridgehead atoms. The summed E-state index contributed by atoms with van der Waals surface area (Å²) in [5.41, 5.74) is 5.40. The molecule has 0 aromatic heterocycles. The maximum absolute atomic E-state index is 12.8. The zero-order chi connectivity index (χ0) is 64.4. The van der Waals surface area contributed by atoms with Crippen molar-refractivity contribution in [3.8, 4) is 0 Å². The van der Waals surface area contributed by atoms with E-state index in [-0.39, 0.29) is 38.6 Å². The molecule has 0 aromatic carbocycles. The normalized spacial score (nSPS) is 13.7. The van der Waals surface area contributed by atoms with E-state index in [9.17, 15) is 19.0 Å². The molecule has 3 N–H and O–H groups in total. The van der Waals surface area contributed by atoms with Gasteiger partial charge in [0.25, 0.3) is 0 Å². The largest absolute Gasteiger partial charge is 0.472 e. The van der Waals surface area contributed by atoms with Gasteiger partial charge in [-0.25, -0.2) is 4.57 Å². The summed E-state index contributed by atoms with van der Waals surface area (Å²) in [5, 5.41) is 0. The van der Waals surface area contributed by atoms with Gasteiger partial charge in [0.15, 0.2) is 6.10 Å². The van der Waals surface area contributed by atoms with Crippen molar-refractivity contribution in [1.29, 1.82) is 0 Å². The molecule has 0 rings (SSSR count). The summed E-state index contributed by atoms with van der Waals surface area (Å²) in [7, 11) is -4.41. The monoisotopic (exact) mass is 1260 g/mol. The van der Waals surface area contributed by atoms with E-state index in [1.807, 2.05) is 0 Å². The number of carbonyl (C=O) groups is 2. The second-order valence-electron chi connectivity index (χ2n) is 24.1. The summed E-state index contributed by atoms with van der Waals surface area (Å²) in [6.07, 6.45) is 104. The summed E-state index contributed by atoms with van der Waals surface area (Å²) in [6, 6.07) is 0.